The molecule has 0 radical (unpaired) electrons. The molecule has 1 atom stereocenters. The van der Waals surface area contributed by atoms with Gasteiger partial charge in [0.25, 0.3) is 0 Å². The number of rotatable bonds is 5. The molecule has 1 unspecified atom stereocenters. The predicted octanol–water partition coefficient (Wildman–Crippen LogP) is 3.82. The summed E-state index contributed by atoms with van der Waals surface area (Å²) in [6, 6.07) is 11.3. The van der Waals surface area contributed by atoms with E-state index in [2.05, 4.69) is 73.9 Å². The molecule has 1 N–H and O–H groups in total. The van der Waals surface area contributed by atoms with Crippen molar-refractivity contribution in [1.29, 1.82) is 0 Å². The van der Waals surface area contributed by atoms with Crippen molar-refractivity contribution in [2.45, 2.75) is 19.9 Å². The minimum absolute atomic E-state index is 0.287. The van der Waals surface area contributed by atoms with Gasteiger partial charge in [-0.3, -0.25) is 0 Å². The zero-order valence-corrected chi connectivity index (χ0v) is 12.9. The van der Waals surface area contributed by atoms with Gasteiger partial charge in [0.05, 0.1) is 6.04 Å². The monoisotopic (exact) mass is 274 g/mol. The Morgan fingerprint density at radius 1 is 1.21 bits per heavy atom. The average Bonchev–Trinajstić information content (AvgIpc) is 2.82. The topological polar surface area (TPSA) is 15.3 Å². The van der Waals surface area contributed by atoms with E-state index in [1.807, 2.05) is 11.3 Å². The van der Waals surface area contributed by atoms with Gasteiger partial charge in [-0.25, -0.2) is 0 Å². The molecule has 102 valence electrons. The molecule has 0 saturated heterocycles. The Balaban J connectivity index is 2.36. The third kappa shape index (κ3) is 3.37. The van der Waals surface area contributed by atoms with Gasteiger partial charge in [0.2, 0.25) is 0 Å². The molecule has 0 bridgehead atoms. The summed E-state index contributed by atoms with van der Waals surface area (Å²) in [4.78, 5) is 3.51. The molecule has 2 rings (SSSR count). The highest BCUT2D eigenvalue weighted by Gasteiger charge is 2.14. The van der Waals surface area contributed by atoms with Crippen LogP contribution in [0.25, 0.3) is 0 Å². The van der Waals surface area contributed by atoms with Crippen molar-refractivity contribution in [3.05, 3.63) is 51.7 Å². The van der Waals surface area contributed by atoms with Crippen LogP contribution in [0.1, 0.15) is 29.0 Å². The number of hydrogen-bond acceptors (Lipinski definition) is 3. The van der Waals surface area contributed by atoms with Crippen LogP contribution in [0.2, 0.25) is 0 Å². The third-order valence-electron chi connectivity index (χ3n) is 3.21. The van der Waals surface area contributed by atoms with E-state index in [4.69, 9.17) is 0 Å². The Morgan fingerprint density at radius 3 is 2.58 bits per heavy atom. The first-order valence-electron chi connectivity index (χ1n) is 6.67. The molecule has 0 aliphatic heterocycles. The fourth-order valence-corrected chi connectivity index (χ4v) is 2.96. The van der Waals surface area contributed by atoms with Crippen LogP contribution in [-0.2, 0) is 0 Å². The lowest BCUT2D eigenvalue weighted by atomic mass is 10.00. The van der Waals surface area contributed by atoms with Crippen LogP contribution in [0.3, 0.4) is 0 Å². The normalized spacial score (nSPS) is 12.4. The number of benzene rings is 1. The molecule has 2 nitrogen and oxygen atoms in total. The highest BCUT2D eigenvalue weighted by Crippen LogP contribution is 2.28. The summed E-state index contributed by atoms with van der Waals surface area (Å²) in [7, 11) is 4.16. The molecule has 19 heavy (non-hydrogen) atoms. The Labute approximate surface area is 120 Å². The van der Waals surface area contributed by atoms with Crippen LogP contribution in [-0.4, -0.2) is 20.6 Å². The Morgan fingerprint density at radius 2 is 2.00 bits per heavy atom. The highest BCUT2D eigenvalue weighted by atomic mass is 32.1. The maximum Gasteiger partial charge on any atom is 0.0585 e. The molecular formula is C16H22N2S. The van der Waals surface area contributed by atoms with Crippen molar-refractivity contribution in [3.63, 3.8) is 0 Å². The first kappa shape index (κ1) is 14.1. The summed E-state index contributed by atoms with van der Waals surface area (Å²) in [5, 5.41) is 5.84. The molecule has 0 saturated carbocycles. The van der Waals surface area contributed by atoms with Crippen molar-refractivity contribution in [1.82, 2.24) is 5.32 Å². The SMILES string of the molecule is CCNC(c1cccc(N(C)C)c1)c1csc(C)c1. The average molecular weight is 274 g/mol. The van der Waals surface area contributed by atoms with E-state index >= 15 is 0 Å². The van der Waals surface area contributed by atoms with Crippen LogP contribution < -0.4 is 10.2 Å². The van der Waals surface area contributed by atoms with Gasteiger partial charge >= 0.3 is 0 Å². The van der Waals surface area contributed by atoms with Gasteiger partial charge in [-0.2, -0.15) is 0 Å². The lowest BCUT2D eigenvalue weighted by Gasteiger charge is -2.20. The molecule has 1 heterocycles. The molecule has 0 aliphatic carbocycles. The molecule has 1 aromatic carbocycles. The van der Waals surface area contributed by atoms with Crippen LogP contribution in [0.15, 0.2) is 35.7 Å². The van der Waals surface area contributed by atoms with Crippen molar-refractivity contribution >= 4 is 17.0 Å². The van der Waals surface area contributed by atoms with Gasteiger partial charge in [-0.1, -0.05) is 19.1 Å². The van der Waals surface area contributed by atoms with E-state index in [0.717, 1.165) is 6.54 Å². The second kappa shape index (κ2) is 6.22. The van der Waals surface area contributed by atoms with E-state index in [0.29, 0.717) is 0 Å². The zero-order chi connectivity index (χ0) is 13.8. The third-order valence-corrected chi connectivity index (χ3v) is 4.09. The van der Waals surface area contributed by atoms with Gasteiger partial charge < -0.3 is 10.2 Å². The molecule has 0 spiro atoms. The lowest BCUT2D eigenvalue weighted by Crippen LogP contribution is -2.22. The zero-order valence-electron chi connectivity index (χ0n) is 12.1. The number of nitrogens with zero attached hydrogens (tertiary/aromatic N) is 1. The van der Waals surface area contributed by atoms with Gasteiger partial charge in [-0.15, -0.1) is 11.3 Å². The standard InChI is InChI=1S/C16H22N2S/c1-5-17-16(14-9-12(2)19-11-14)13-7-6-8-15(10-13)18(3)4/h6-11,16-17H,5H2,1-4H3. The quantitative estimate of drug-likeness (QED) is 0.891. The smallest absolute Gasteiger partial charge is 0.0585 e. The fraction of sp³-hybridized carbons (Fsp3) is 0.375. The Kier molecular flexibility index (Phi) is 4.61. The number of aryl methyl sites for hydroxylation is 1. The van der Waals surface area contributed by atoms with Gasteiger partial charge in [0.1, 0.15) is 0 Å². The van der Waals surface area contributed by atoms with E-state index < -0.39 is 0 Å². The number of anilines is 1. The fourth-order valence-electron chi connectivity index (χ4n) is 2.23. The minimum Gasteiger partial charge on any atom is -0.378 e. The molecule has 2 aromatic rings. The molecule has 0 fully saturated rings. The van der Waals surface area contributed by atoms with Crippen LogP contribution in [0, 0.1) is 6.92 Å². The van der Waals surface area contributed by atoms with Crippen LogP contribution in [0.5, 0.6) is 0 Å². The van der Waals surface area contributed by atoms with Crippen LogP contribution in [0.4, 0.5) is 5.69 Å². The molecule has 3 heteroatoms. The molecule has 0 aliphatic rings. The highest BCUT2D eigenvalue weighted by molar-refractivity contribution is 7.10. The first-order chi connectivity index (χ1) is 9.11. The van der Waals surface area contributed by atoms with Crippen molar-refractivity contribution in [3.8, 4) is 0 Å². The maximum absolute atomic E-state index is 3.58. The molecule has 1 aromatic heterocycles. The van der Waals surface area contributed by atoms with Crippen molar-refractivity contribution in [2.75, 3.05) is 25.5 Å². The largest absolute Gasteiger partial charge is 0.378 e. The first-order valence-corrected chi connectivity index (χ1v) is 7.55. The van der Waals surface area contributed by atoms with E-state index in [-0.39, 0.29) is 6.04 Å². The summed E-state index contributed by atoms with van der Waals surface area (Å²) in [6.07, 6.45) is 0. The predicted molar refractivity (Wildman–Crippen MR) is 85.3 cm³/mol. The summed E-state index contributed by atoms with van der Waals surface area (Å²) in [5.74, 6) is 0. The molecular weight excluding hydrogens is 252 g/mol. The van der Waals surface area contributed by atoms with E-state index in [9.17, 15) is 0 Å². The summed E-state index contributed by atoms with van der Waals surface area (Å²) >= 11 is 1.81. The van der Waals surface area contributed by atoms with E-state index in [1.165, 1.54) is 21.7 Å². The van der Waals surface area contributed by atoms with Gasteiger partial charge in [-0.05, 0) is 48.2 Å². The number of nitrogens with one attached hydrogen (secondary N) is 1. The Hall–Kier alpha value is -1.32. The second-order valence-corrected chi connectivity index (χ2v) is 6.09. The second-order valence-electron chi connectivity index (χ2n) is 4.97. The van der Waals surface area contributed by atoms with Gasteiger partial charge in [0, 0.05) is 24.7 Å². The Bertz CT molecular complexity index is 531. The number of hydrogen-bond donors (Lipinski definition) is 1. The lowest BCUT2D eigenvalue weighted by molar-refractivity contribution is 0.632. The summed E-state index contributed by atoms with van der Waals surface area (Å²) < 4.78 is 0. The molecule has 0 amide bonds. The van der Waals surface area contributed by atoms with Crippen LogP contribution >= 0.6 is 11.3 Å². The maximum atomic E-state index is 3.58. The van der Waals surface area contributed by atoms with Gasteiger partial charge in [0.15, 0.2) is 0 Å². The summed E-state index contributed by atoms with van der Waals surface area (Å²) in [5.41, 5.74) is 3.93. The minimum atomic E-state index is 0.287. The number of thiophene rings is 1. The summed E-state index contributed by atoms with van der Waals surface area (Å²) in [6.45, 7) is 5.28. The van der Waals surface area contributed by atoms with Crippen molar-refractivity contribution < 1.29 is 0 Å². The van der Waals surface area contributed by atoms with Crippen molar-refractivity contribution in [2.24, 2.45) is 0 Å². The van der Waals surface area contributed by atoms with E-state index in [1.54, 1.807) is 0 Å².